The SMILES string of the molecule is COc1ccccc1[C@H](CNC(=O)[C@@H]1COCCN1CC(F)F)N1CCCCC1. The number of nitrogens with zero attached hydrogens (tertiary/aromatic N) is 2. The summed E-state index contributed by atoms with van der Waals surface area (Å²) in [6.07, 6.45) is 0.984. The highest BCUT2D eigenvalue weighted by Gasteiger charge is 2.32. The van der Waals surface area contributed by atoms with Crippen LogP contribution in [0.1, 0.15) is 30.9 Å². The lowest BCUT2D eigenvalue weighted by Gasteiger charge is -2.37. The fourth-order valence-corrected chi connectivity index (χ4v) is 4.20. The number of hydrogen-bond acceptors (Lipinski definition) is 5. The smallest absolute Gasteiger partial charge is 0.251 e. The zero-order chi connectivity index (χ0) is 20.6. The first-order valence-corrected chi connectivity index (χ1v) is 10.3. The minimum atomic E-state index is -2.47. The standard InChI is InChI=1S/C21H31F2N3O3/c1-28-19-8-4-3-7-16(19)17(25-9-5-2-6-10-25)13-24-21(27)18-15-29-12-11-26(18)14-20(22)23/h3-4,7-8,17-18,20H,2,5-6,9-15H2,1H3,(H,24,27)/t17-,18-/m0/s1. The Morgan fingerprint density at radius 1 is 1.24 bits per heavy atom. The van der Waals surface area contributed by atoms with Gasteiger partial charge in [0.15, 0.2) is 0 Å². The van der Waals surface area contributed by atoms with Crippen LogP contribution in [0.2, 0.25) is 0 Å². The van der Waals surface area contributed by atoms with Gasteiger partial charge in [-0.3, -0.25) is 14.6 Å². The van der Waals surface area contributed by atoms with Crippen molar-refractivity contribution in [2.45, 2.75) is 37.8 Å². The van der Waals surface area contributed by atoms with Crippen LogP contribution in [0.3, 0.4) is 0 Å². The molecular formula is C21H31F2N3O3. The molecular weight excluding hydrogens is 380 g/mol. The van der Waals surface area contributed by atoms with Crippen LogP contribution in [-0.4, -0.2) is 81.2 Å². The van der Waals surface area contributed by atoms with E-state index in [1.54, 1.807) is 7.11 Å². The van der Waals surface area contributed by atoms with E-state index in [-0.39, 0.29) is 18.6 Å². The van der Waals surface area contributed by atoms with Crippen molar-refractivity contribution in [2.24, 2.45) is 0 Å². The lowest BCUT2D eigenvalue weighted by atomic mass is 10.0. The van der Waals surface area contributed by atoms with Crippen molar-refractivity contribution in [3.8, 4) is 5.75 Å². The van der Waals surface area contributed by atoms with E-state index < -0.39 is 19.0 Å². The number of ether oxygens (including phenoxy) is 2. The molecule has 1 aromatic rings. The number of morpholine rings is 1. The average Bonchev–Trinajstić information content (AvgIpc) is 2.75. The third kappa shape index (κ3) is 5.87. The molecule has 1 aromatic carbocycles. The Labute approximate surface area is 171 Å². The maximum atomic E-state index is 12.9. The van der Waals surface area contributed by atoms with Gasteiger partial charge in [-0.1, -0.05) is 24.6 Å². The van der Waals surface area contributed by atoms with Crippen LogP contribution in [-0.2, 0) is 9.53 Å². The molecule has 0 aromatic heterocycles. The Morgan fingerprint density at radius 2 is 2.00 bits per heavy atom. The zero-order valence-electron chi connectivity index (χ0n) is 17.0. The number of benzene rings is 1. The molecule has 0 bridgehead atoms. The van der Waals surface area contributed by atoms with Crippen LogP contribution < -0.4 is 10.1 Å². The molecule has 2 aliphatic rings. The van der Waals surface area contributed by atoms with Crippen LogP contribution in [0.5, 0.6) is 5.75 Å². The van der Waals surface area contributed by atoms with E-state index in [2.05, 4.69) is 10.2 Å². The Balaban J connectivity index is 1.71. The predicted octanol–water partition coefficient (Wildman–Crippen LogP) is 2.30. The fourth-order valence-electron chi connectivity index (χ4n) is 4.20. The van der Waals surface area contributed by atoms with Crippen LogP contribution >= 0.6 is 0 Å². The van der Waals surface area contributed by atoms with Crippen molar-refractivity contribution in [3.05, 3.63) is 29.8 Å². The van der Waals surface area contributed by atoms with Crippen LogP contribution in [0.25, 0.3) is 0 Å². The van der Waals surface area contributed by atoms with Crippen molar-refractivity contribution < 1.29 is 23.0 Å². The van der Waals surface area contributed by atoms with Crippen molar-refractivity contribution >= 4 is 5.91 Å². The molecule has 2 atom stereocenters. The van der Waals surface area contributed by atoms with Crippen LogP contribution in [0, 0.1) is 0 Å². The molecule has 3 rings (SSSR count). The van der Waals surface area contributed by atoms with Crippen molar-refractivity contribution in [2.75, 3.05) is 53.0 Å². The summed E-state index contributed by atoms with van der Waals surface area (Å²) >= 11 is 0. The third-order valence-corrected chi connectivity index (χ3v) is 5.71. The summed E-state index contributed by atoms with van der Waals surface area (Å²) in [5, 5.41) is 3.00. The number of hydrogen-bond donors (Lipinski definition) is 1. The van der Waals surface area contributed by atoms with E-state index in [0.29, 0.717) is 19.7 Å². The molecule has 162 valence electrons. The first-order chi connectivity index (χ1) is 14.1. The molecule has 2 fully saturated rings. The Bertz CT molecular complexity index is 656. The van der Waals surface area contributed by atoms with Crippen molar-refractivity contribution in [1.29, 1.82) is 0 Å². The number of piperidine rings is 1. The highest BCUT2D eigenvalue weighted by molar-refractivity contribution is 5.82. The van der Waals surface area contributed by atoms with Gasteiger partial charge in [0.2, 0.25) is 5.91 Å². The highest BCUT2D eigenvalue weighted by Crippen LogP contribution is 2.31. The first-order valence-electron chi connectivity index (χ1n) is 10.3. The molecule has 0 unspecified atom stereocenters. The lowest BCUT2D eigenvalue weighted by molar-refractivity contribution is -0.134. The molecule has 2 saturated heterocycles. The van der Waals surface area contributed by atoms with E-state index in [9.17, 15) is 13.6 Å². The predicted molar refractivity (Wildman–Crippen MR) is 106 cm³/mol. The van der Waals surface area contributed by atoms with E-state index in [1.807, 2.05) is 24.3 Å². The summed E-state index contributed by atoms with van der Waals surface area (Å²) in [5.41, 5.74) is 1.03. The number of halogens is 2. The molecule has 0 spiro atoms. The topological polar surface area (TPSA) is 54.0 Å². The summed E-state index contributed by atoms with van der Waals surface area (Å²) in [7, 11) is 1.65. The summed E-state index contributed by atoms with van der Waals surface area (Å²) in [4.78, 5) is 16.7. The number of para-hydroxylation sites is 1. The van der Waals surface area contributed by atoms with Crippen LogP contribution in [0.15, 0.2) is 24.3 Å². The van der Waals surface area contributed by atoms with Gasteiger partial charge in [0.05, 0.1) is 32.9 Å². The number of amides is 1. The molecule has 1 amide bonds. The number of nitrogens with one attached hydrogen (secondary N) is 1. The molecule has 8 heteroatoms. The van der Waals surface area contributed by atoms with E-state index in [1.165, 1.54) is 11.3 Å². The summed E-state index contributed by atoms with van der Waals surface area (Å²) in [6, 6.07) is 7.14. The third-order valence-electron chi connectivity index (χ3n) is 5.71. The molecule has 0 saturated carbocycles. The molecule has 0 aliphatic carbocycles. The number of likely N-dealkylation sites (tertiary alicyclic amines) is 1. The van der Waals surface area contributed by atoms with Gasteiger partial charge in [0.25, 0.3) is 6.43 Å². The molecule has 6 nitrogen and oxygen atoms in total. The number of carbonyl (C=O) groups excluding carboxylic acids is 1. The second-order valence-corrected chi connectivity index (χ2v) is 7.58. The van der Waals surface area contributed by atoms with Gasteiger partial charge in [-0.25, -0.2) is 8.78 Å². The minimum absolute atomic E-state index is 0.0246. The van der Waals surface area contributed by atoms with Gasteiger partial charge in [-0.15, -0.1) is 0 Å². The quantitative estimate of drug-likeness (QED) is 0.712. The molecule has 0 radical (unpaired) electrons. The van der Waals surface area contributed by atoms with Gasteiger partial charge < -0.3 is 14.8 Å². The maximum Gasteiger partial charge on any atom is 0.251 e. The Kier molecular flexibility index (Phi) is 8.20. The molecule has 1 N–H and O–H groups in total. The highest BCUT2D eigenvalue weighted by atomic mass is 19.3. The fraction of sp³-hybridized carbons (Fsp3) is 0.667. The summed E-state index contributed by atoms with van der Waals surface area (Å²) in [5.74, 6) is 0.528. The van der Waals surface area contributed by atoms with Crippen molar-refractivity contribution in [3.63, 3.8) is 0 Å². The van der Waals surface area contributed by atoms with E-state index >= 15 is 0 Å². The zero-order valence-corrected chi connectivity index (χ0v) is 17.0. The summed E-state index contributed by atoms with van der Waals surface area (Å²) in [6.45, 7) is 2.76. The van der Waals surface area contributed by atoms with Gasteiger partial charge in [-0.05, 0) is 32.0 Å². The van der Waals surface area contributed by atoms with Gasteiger partial charge in [-0.2, -0.15) is 0 Å². The first kappa shape index (κ1) is 21.9. The van der Waals surface area contributed by atoms with E-state index in [0.717, 1.165) is 37.2 Å². The Hall–Kier alpha value is -1.77. The van der Waals surface area contributed by atoms with Gasteiger partial charge >= 0.3 is 0 Å². The monoisotopic (exact) mass is 411 g/mol. The van der Waals surface area contributed by atoms with Crippen LogP contribution in [0.4, 0.5) is 8.78 Å². The second kappa shape index (κ2) is 10.8. The lowest BCUT2D eigenvalue weighted by Crippen LogP contribution is -2.55. The average molecular weight is 411 g/mol. The molecule has 29 heavy (non-hydrogen) atoms. The maximum absolute atomic E-state index is 12.9. The summed E-state index contributed by atoms with van der Waals surface area (Å²) < 4.78 is 36.7. The number of methoxy groups -OCH3 is 1. The number of rotatable bonds is 8. The number of carbonyl (C=O) groups is 1. The van der Waals surface area contributed by atoms with Crippen molar-refractivity contribution in [1.82, 2.24) is 15.1 Å². The number of alkyl halides is 2. The molecule has 2 heterocycles. The minimum Gasteiger partial charge on any atom is -0.496 e. The van der Waals surface area contributed by atoms with E-state index in [4.69, 9.17) is 9.47 Å². The Morgan fingerprint density at radius 3 is 2.72 bits per heavy atom. The second-order valence-electron chi connectivity index (χ2n) is 7.58. The normalized spacial score (nSPS) is 22.4. The molecule has 2 aliphatic heterocycles. The van der Waals surface area contributed by atoms with Gasteiger partial charge in [0, 0.05) is 18.7 Å². The largest absolute Gasteiger partial charge is 0.496 e. The van der Waals surface area contributed by atoms with Gasteiger partial charge in [0.1, 0.15) is 11.8 Å².